The van der Waals surface area contributed by atoms with Crippen LogP contribution in [-0.2, 0) is 9.53 Å². The number of morpholine rings is 1. The quantitative estimate of drug-likeness (QED) is 0.856. The van der Waals surface area contributed by atoms with Crippen LogP contribution < -0.4 is 15.0 Å². The lowest BCUT2D eigenvalue weighted by Gasteiger charge is -2.36. The van der Waals surface area contributed by atoms with Gasteiger partial charge in [0.15, 0.2) is 6.10 Å². The number of para-hydroxylation sites is 2. The Morgan fingerprint density at radius 2 is 2.26 bits per heavy atom. The summed E-state index contributed by atoms with van der Waals surface area (Å²) in [6, 6.07) is 7.64. The molecule has 0 aliphatic carbocycles. The number of benzene rings is 1. The maximum absolute atomic E-state index is 12.3. The monoisotopic (exact) mass is 262 g/mol. The van der Waals surface area contributed by atoms with Gasteiger partial charge in [-0.2, -0.15) is 0 Å². The summed E-state index contributed by atoms with van der Waals surface area (Å²) in [5.74, 6) is 0.756. The van der Waals surface area contributed by atoms with Crippen molar-refractivity contribution in [2.75, 3.05) is 31.1 Å². The predicted molar refractivity (Wildman–Crippen MR) is 71.5 cm³/mol. The van der Waals surface area contributed by atoms with Gasteiger partial charge in [-0.15, -0.1) is 0 Å². The molecule has 0 bridgehead atoms. The molecule has 0 spiro atoms. The van der Waals surface area contributed by atoms with Gasteiger partial charge < -0.3 is 19.7 Å². The van der Waals surface area contributed by atoms with Gasteiger partial charge in [0.2, 0.25) is 0 Å². The average molecular weight is 262 g/mol. The Hall–Kier alpha value is -1.59. The van der Waals surface area contributed by atoms with Gasteiger partial charge >= 0.3 is 0 Å². The minimum Gasteiger partial charge on any atom is -0.479 e. The zero-order chi connectivity index (χ0) is 13.2. The van der Waals surface area contributed by atoms with E-state index in [9.17, 15) is 4.79 Å². The summed E-state index contributed by atoms with van der Waals surface area (Å²) in [6.07, 6.45) is -0.400. The maximum atomic E-state index is 12.3. The molecule has 1 aromatic rings. The Labute approximate surface area is 112 Å². The second-order valence-electron chi connectivity index (χ2n) is 4.87. The first-order chi connectivity index (χ1) is 9.25. The van der Waals surface area contributed by atoms with Crippen molar-refractivity contribution in [1.82, 2.24) is 5.32 Å². The second-order valence-corrected chi connectivity index (χ2v) is 4.87. The van der Waals surface area contributed by atoms with Gasteiger partial charge in [-0.05, 0) is 19.1 Å². The maximum Gasteiger partial charge on any atom is 0.267 e. The highest BCUT2D eigenvalue weighted by atomic mass is 16.5. The fourth-order valence-corrected chi connectivity index (χ4v) is 2.49. The lowest BCUT2D eigenvalue weighted by atomic mass is 10.1. The van der Waals surface area contributed by atoms with Gasteiger partial charge in [0.05, 0.1) is 24.9 Å². The highest BCUT2D eigenvalue weighted by Crippen LogP contribution is 2.33. The van der Waals surface area contributed by atoms with E-state index >= 15 is 0 Å². The van der Waals surface area contributed by atoms with E-state index in [1.54, 1.807) is 11.8 Å². The number of nitrogens with zero attached hydrogens (tertiary/aromatic N) is 1. The highest BCUT2D eigenvalue weighted by molar-refractivity contribution is 5.99. The number of fused-ring (bicyclic) bond motifs is 1. The number of carbonyl (C=O) groups is 1. The largest absolute Gasteiger partial charge is 0.479 e. The molecule has 0 radical (unpaired) electrons. The van der Waals surface area contributed by atoms with Crippen LogP contribution >= 0.6 is 0 Å². The molecule has 1 amide bonds. The molecule has 2 aliphatic rings. The van der Waals surface area contributed by atoms with Crippen LogP contribution in [0.15, 0.2) is 24.3 Å². The molecular weight excluding hydrogens is 244 g/mol. The number of carbonyl (C=O) groups excluding carboxylic acids is 1. The predicted octanol–water partition coefficient (Wildman–Crippen LogP) is 0.789. The molecular formula is C14H18N2O3. The van der Waals surface area contributed by atoms with Crippen LogP contribution in [0.5, 0.6) is 5.75 Å². The Balaban J connectivity index is 1.83. The Bertz CT molecular complexity index is 472. The lowest BCUT2D eigenvalue weighted by molar-refractivity contribution is -0.126. The molecule has 0 saturated carbocycles. The number of hydrogen-bond donors (Lipinski definition) is 1. The third kappa shape index (κ3) is 2.43. The van der Waals surface area contributed by atoms with Gasteiger partial charge in [0, 0.05) is 13.1 Å². The molecule has 1 N–H and O–H groups in total. The van der Waals surface area contributed by atoms with Crippen LogP contribution in [0.2, 0.25) is 0 Å². The summed E-state index contributed by atoms with van der Waals surface area (Å²) >= 11 is 0. The molecule has 1 saturated heterocycles. The number of ether oxygens (including phenoxy) is 2. The standard InChI is InChI=1S/C14H18N2O3/c1-10-14(17)16(9-11-8-15-6-7-18-11)12-4-2-3-5-13(12)19-10/h2-5,10-11,15H,6-9H2,1H3. The van der Waals surface area contributed by atoms with Gasteiger partial charge in [-0.1, -0.05) is 12.1 Å². The summed E-state index contributed by atoms with van der Waals surface area (Å²) in [7, 11) is 0. The zero-order valence-corrected chi connectivity index (χ0v) is 11.0. The van der Waals surface area contributed by atoms with Crippen molar-refractivity contribution in [3.63, 3.8) is 0 Å². The number of hydrogen-bond acceptors (Lipinski definition) is 4. The minimum atomic E-state index is -0.438. The Kier molecular flexibility index (Phi) is 3.40. The first-order valence-electron chi connectivity index (χ1n) is 6.65. The van der Waals surface area contributed by atoms with Crippen LogP contribution in [0, 0.1) is 0 Å². The third-order valence-electron chi connectivity index (χ3n) is 3.46. The summed E-state index contributed by atoms with van der Waals surface area (Å²) in [5.41, 5.74) is 0.833. The van der Waals surface area contributed by atoms with Crippen molar-refractivity contribution >= 4 is 11.6 Å². The fourth-order valence-electron chi connectivity index (χ4n) is 2.49. The van der Waals surface area contributed by atoms with E-state index in [4.69, 9.17) is 9.47 Å². The van der Waals surface area contributed by atoms with Crippen LogP contribution in [0.3, 0.4) is 0 Å². The normalized spacial score (nSPS) is 26.8. The number of anilines is 1. The fraction of sp³-hybridized carbons (Fsp3) is 0.500. The number of rotatable bonds is 2. The molecule has 2 aliphatic heterocycles. The molecule has 102 valence electrons. The van der Waals surface area contributed by atoms with Crippen molar-refractivity contribution < 1.29 is 14.3 Å². The first kappa shape index (κ1) is 12.4. The Morgan fingerprint density at radius 3 is 3.05 bits per heavy atom. The molecule has 5 heteroatoms. The zero-order valence-electron chi connectivity index (χ0n) is 11.0. The average Bonchev–Trinajstić information content (AvgIpc) is 2.45. The van der Waals surface area contributed by atoms with E-state index in [1.807, 2.05) is 24.3 Å². The lowest BCUT2D eigenvalue weighted by Crippen LogP contribution is -2.51. The summed E-state index contributed by atoms with van der Waals surface area (Å²) in [6.45, 7) is 4.70. The SMILES string of the molecule is CC1Oc2ccccc2N(CC2CNCCO2)C1=O. The summed E-state index contributed by atoms with van der Waals surface area (Å²) in [5, 5.41) is 3.28. The topological polar surface area (TPSA) is 50.8 Å². The molecule has 0 aromatic heterocycles. The molecule has 5 nitrogen and oxygen atoms in total. The van der Waals surface area contributed by atoms with Crippen molar-refractivity contribution in [2.24, 2.45) is 0 Å². The van der Waals surface area contributed by atoms with Crippen LogP contribution in [0.4, 0.5) is 5.69 Å². The summed E-state index contributed by atoms with van der Waals surface area (Å²) < 4.78 is 11.3. The molecule has 2 unspecified atom stereocenters. The van der Waals surface area contributed by atoms with E-state index < -0.39 is 6.10 Å². The third-order valence-corrected chi connectivity index (χ3v) is 3.46. The van der Waals surface area contributed by atoms with Crippen molar-refractivity contribution in [3.05, 3.63) is 24.3 Å². The molecule has 1 aromatic carbocycles. The van der Waals surface area contributed by atoms with E-state index in [0.29, 0.717) is 13.2 Å². The van der Waals surface area contributed by atoms with E-state index in [2.05, 4.69) is 5.32 Å². The highest BCUT2D eigenvalue weighted by Gasteiger charge is 2.33. The van der Waals surface area contributed by atoms with Gasteiger partial charge in [-0.3, -0.25) is 4.79 Å². The van der Waals surface area contributed by atoms with Crippen LogP contribution in [0.1, 0.15) is 6.92 Å². The van der Waals surface area contributed by atoms with E-state index in [1.165, 1.54) is 0 Å². The number of nitrogens with one attached hydrogen (secondary N) is 1. The summed E-state index contributed by atoms with van der Waals surface area (Å²) in [4.78, 5) is 14.1. The van der Waals surface area contributed by atoms with Crippen LogP contribution in [0.25, 0.3) is 0 Å². The first-order valence-corrected chi connectivity index (χ1v) is 6.65. The molecule has 1 fully saturated rings. The van der Waals surface area contributed by atoms with Gasteiger partial charge in [-0.25, -0.2) is 0 Å². The van der Waals surface area contributed by atoms with Crippen molar-refractivity contribution in [2.45, 2.75) is 19.1 Å². The Morgan fingerprint density at radius 1 is 1.42 bits per heavy atom. The minimum absolute atomic E-state index is 0.00660. The van der Waals surface area contributed by atoms with Gasteiger partial charge in [0.1, 0.15) is 5.75 Å². The molecule has 2 atom stereocenters. The van der Waals surface area contributed by atoms with Crippen molar-refractivity contribution in [3.8, 4) is 5.75 Å². The van der Waals surface area contributed by atoms with E-state index in [-0.39, 0.29) is 12.0 Å². The second kappa shape index (κ2) is 5.19. The molecule has 2 heterocycles. The van der Waals surface area contributed by atoms with Crippen LogP contribution in [-0.4, -0.2) is 44.4 Å². The van der Waals surface area contributed by atoms with E-state index in [0.717, 1.165) is 24.5 Å². The molecule has 19 heavy (non-hydrogen) atoms. The number of amides is 1. The molecule has 3 rings (SSSR count). The van der Waals surface area contributed by atoms with Crippen molar-refractivity contribution in [1.29, 1.82) is 0 Å². The smallest absolute Gasteiger partial charge is 0.267 e. The van der Waals surface area contributed by atoms with Gasteiger partial charge in [0.25, 0.3) is 5.91 Å².